The zero-order chi connectivity index (χ0) is 21.9. The molecular weight excluding hydrogens is 382 g/mol. The number of hydrogen-bond donors (Lipinski definition) is 5. The van der Waals surface area contributed by atoms with E-state index in [1.165, 1.54) is 6.07 Å². The van der Waals surface area contributed by atoms with Gasteiger partial charge in [0.15, 0.2) is 6.10 Å². The summed E-state index contributed by atoms with van der Waals surface area (Å²) in [7, 11) is 3.97. The number of aliphatic hydroxyl groups is 3. The van der Waals surface area contributed by atoms with Gasteiger partial charge in [0.1, 0.15) is 29.8 Å². The Morgan fingerprint density at radius 2 is 1.83 bits per heavy atom. The number of aliphatic hydroxyl groups excluding tert-OH is 3. The molecule has 1 unspecified atom stereocenters. The molecule has 0 saturated carbocycles. The van der Waals surface area contributed by atoms with Crippen molar-refractivity contribution < 1.29 is 39.8 Å². The lowest BCUT2D eigenvalue weighted by Gasteiger charge is -2.38. The maximum Gasteiger partial charge on any atom is 0.335 e. The topological polar surface area (TPSA) is 140 Å². The fourth-order valence-electron chi connectivity index (χ4n) is 3.84. The highest BCUT2D eigenvalue weighted by Crippen LogP contribution is 2.35. The fraction of sp³-hybridized carbons (Fsp3) is 0.650. The molecule has 1 fully saturated rings. The molecule has 1 heterocycles. The van der Waals surface area contributed by atoms with Crippen molar-refractivity contribution in [3.63, 3.8) is 0 Å². The van der Waals surface area contributed by atoms with Crippen LogP contribution in [0.15, 0.2) is 18.2 Å². The zero-order valence-corrected chi connectivity index (χ0v) is 17.1. The molecule has 9 nitrogen and oxygen atoms in total. The lowest BCUT2D eigenvalue weighted by molar-refractivity contribution is -0.271. The largest absolute Gasteiger partial charge is 0.508 e. The molecule has 1 aromatic carbocycles. The lowest BCUT2D eigenvalue weighted by atomic mass is 9.84. The molecule has 1 aromatic rings. The van der Waals surface area contributed by atoms with Gasteiger partial charge in [0.25, 0.3) is 0 Å². The number of carbonyl (C=O) groups is 1. The molecule has 5 N–H and O–H groups in total. The van der Waals surface area contributed by atoms with Crippen molar-refractivity contribution in [3.8, 4) is 11.5 Å². The predicted octanol–water partition coefficient (Wildman–Crippen LogP) is 0.354. The highest BCUT2D eigenvalue weighted by Gasteiger charge is 2.48. The number of aromatic hydroxyl groups is 1. The highest BCUT2D eigenvalue weighted by atomic mass is 16.7. The van der Waals surface area contributed by atoms with Crippen molar-refractivity contribution in [1.29, 1.82) is 0 Å². The first kappa shape index (κ1) is 23.4. The van der Waals surface area contributed by atoms with E-state index in [2.05, 4.69) is 11.8 Å². The van der Waals surface area contributed by atoms with Crippen LogP contribution in [0.2, 0.25) is 0 Å². The van der Waals surface area contributed by atoms with Gasteiger partial charge in [0.2, 0.25) is 6.29 Å². The lowest BCUT2D eigenvalue weighted by Crippen LogP contribution is -2.61. The number of benzene rings is 1. The molecule has 164 valence electrons. The normalized spacial score (nSPS) is 29.4. The molecule has 0 aromatic heterocycles. The fourth-order valence-corrected chi connectivity index (χ4v) is 3.84. The van der Waals surface area contributed by atoms with Gasteiger partial charge in [-0.25, -0.2) is 4.79 Å². The molecule has 7 atom stereocenters. The molecule has 1 saturated heterocycles. The predicted molar refractivity (Wildman–Crippen MR) is 104 cm³/mol. The molecular formula is C20H31NO8. The van der Waals surface area contributed by atoms with E-state index in [9.17, 15) is 25.2 Å². The van der Waals surface area contributed by atoms with Crippen LogP contribution in [0.4, 0.5) is 0 Å². The third kappa shape index (κ3) is 5.58. The summed E-state index contributed by atoms with van der Waals surface area (Å²) in [5.74, 6) is -0.962. The van der Waals surface area contributed by atoms with Crippen LogP contribution in [0, 0.1) is 5.92 Å². The van der Waals surface area contributed by atoms with Gasteiger partial charge in [0, 0.05) is 12.6 Å². The maximum atomic E-state index is 11.2. The Hall–Kier alpha value is -1.91. The first-order valence-electron chi connectivity index (χ1n) is 9.62. The van der Waals surface area contributed by atoms with Crippen molar-refractivity contribution in [3.05, 3.63) is 23.8 Å². The quantitative estimate of drug-likeness (QED) is 0.408. The van der Waals surface area contributed by atoms with Crippen LogP contribution >= 0.6 is 0 Å². The number of ether oxygens (including phenoxy) is 2. The molecule has 1 aliphatic heterocycles. The van der Waals surface area contributed by atoms with Gasteiger partial charge in [-0.3, -0.25) is 0 Å². The number of hydrogen-bond acceptors (Lipinski definition) is 8. The van der Waals surface area contributed by atoms with Crippen LogP contribution in [-0.4, -0.2) is 87.7 Å². The minimum absolute atomic E-state index is 0.0475. The summed E-state index contributed by atoms with van der Waals surface area (Å²) in [6.07, 6.45) is -7.66. The van der Waals surface area contributed by atoms with Gasteiger partial charge >= 0.3 is 5.97 Å². The minimum Gasteiger partial charge on any atom is -0.508 e. The Morgan fingerprint density at radius 3 is 2.38 bits per heavy atom. The van der Waals surface area contributed by atoms with Crippen molar-refractivity contribution in [2.24, 2.45) is 5.92 Å². The molecule has 0 amide bonds. The van der Waals surface area contributed by atoms with Crippen LogP contribution < -0.4 is 4.74 Å². The van der Waals surface area contributed by atoms with E-state index < -0.39 is 36.7 Å². The summed E-state index contributed by atoms with van der Waals surface area (Å²) in [6, 6.07) is 4.66. The molecule has 0 aliphatic carbocycles. The molecule has 0 bridgehead atoms. The number of rotatable bonds is 8. The van der Waals surface area contributed by atoms with Crippen LogP contribution in [0.1, 0.15) is 31.7 Å². The minimum atomic E-state index is -1.79. The number of phenolic OH excluding ortho intramolecular Hbond substituents is 1. The number of aliphatic carboxylic acids is 1. The SMILES string of the molecule is CC[C@@H](c1cc(O)cc(OC2O[C@H](C(=O)O)[C@@H](O)[C@H](O)[C@H]2O)c1)[C@@H](C)CN(C)C. The number of nitrogens with zero attached hydrogens (tertiary/aromatic N) is 1. The number of carboxylic acid groups (broad SMARTS) is 1. The molecule has 0 spiro atoms. The summed E-state index contributed by atoms with van der Waals surface area (Å²) in [4.78, 5) is 13.3. The van der Waals surface area contributed by atoms with E-state index in [1.54, 1.807) is 12.1 Å². The van der Waals surface area contributed by atoms with Gasteiger partial charge in [-0.05, 0) is 50.0 Å². The Morgan fingerprint density at radius 1 is 1.17 bits per heavy atom. The number of phenols is 1. The van der Waals surface area contributed by atoms with Crippen LogP contribution in [0.5, 0.6) is 11.5 Å². The zero-order valence-electron chi connectivity index (χ0n) is 17.1. The summed E-state index contributed by atoms with van der Waals surface area (Å²) in [5.41, 5.74) is 0.831. The third-order valence-corrected chi connectivity index (χ3v) is 5.19. The van der Waals surface area contributed by atoms with Gasteiger partial charge in [-0.15, -0.1) is 0 Å². The van der Waals surface area contributed by atoms with E-state index in [0.717, 1.165) is 18.5 Å². The van der Waals surface area contributed by atoms with Crippen LogP contribution in [0.25, 0.3) is 0 Å². The van der Waals surface area contributed by atoms with Crippen molar-refractivity contribution in [2.75, 3.05) is 20.6 Å². The monoisotopic (exact) mass is 413 g/mol. The molecule has 1 aliphatic rings. The van der Waals surface area contributed by atoms with Crippen LogP contribution in [-0.2, 0) is 9.53 Å². The molecule has 0 radical (unpaired) electrons. The van der Waals surface area contributed by atoms with E-state index >= 15 is 0 Å². The van der Waals surface area contributed by atoms with Crippen molar-refractivity contribution in [1.82, 2.24) is 4.90 Å². The van der Waals surface area contributed by atoms with Gasteiger partial charge in [-0.1, -0.05) is 13.8 Å². The second kappa shape index (κ2) is 9.73. The first-order chi connectivity index (χ1) is 13.5. The Bertz CT molecular complexity index is 697. The third-order valence-electron chi connectivity index (χ3n) is 5.19. The van der Waals surface area contributed by atoms with E-state index in [-0.39, 0.29) is 23.3 Å². The maximum absolute atomic E-state index is 11.2. The van der Waals surface area contributed by atoms with Crippen molar-refractivity contribution in [2.45, 2.75) is 56.9 Å². The van der Waals surface area contributed by atoms with E-state index in [0.29, 0.717) is 0 Å². The smallest absolute Gasteiger partial charge is 0.335 e. The highest BCUT2D eigenvalue weighted by molar-refractivity contribution is 5.73. The summed E-state index contributed by atoms with van der Waals surface area (Å²) in [6.45, 7) is 5.01. The average molecular weight is 413 g/mol. The van der Waals surface area contributed by atoms with Crippen molar-refractivity contribution >= 4 is 5.97 Å². The summed E-state index contributed by atoms with van der Waals surface area (Å²) >= 11 is 0. The van der Waals surface area contributed by atoms with Gasteiger partial charge in [0.05, 0.1) is 0 Å². The summed E-state index contributed by atoms with van der Waals surface area (Å²) < 4.78 is 10.7. The van der Waals surface area contributed by atoms with E-state index in [1.807, 2.05) is 21.0 Å². The molecule has 29 heavy (non-hydrogen) atoms. The average Bonchev–Trinajstić information content (AvgIpc) is 2.61. The number of carboxylic acids is 1. The van der Waals surface area contributed by atoms with Crippen LogP contribution in [0.3, 0.4) is 0 Å². The summed E-state index contributed by atoms with van der Waals surface area (Å²) in [5, 5.41) is 49.1. The first-order valence-corrected chi connectivity index (χ1v) is 9.62. The van der Waals surface area contributed by atoms with Gasteiger partial charge < -0.3 is 39.9 Å². The molecule has 9 heteroatoms. The second-order valence-electron chi connectivity index (χ2n) is 7.87. The Kier molecular flexibility index (Phi) is 7.84. The Balaban J connectivity index is 2.25. The van der Waals surface area contributed by atoms with Gasteiger partial charge in [-0.2, -0.15) is 0 Å². The van der Waals surface area contributed by atoms with E-state index in [4.69, 9.17) is 14.6 Å². The second-order valence-corrected chi connectivity index (χ2v) is 7.87. The Labute approximate surface area is 170 Å². The molecule has 2 rings (SSSR count). The standard InChI is InChI=1S/C20H31NO8/c1-5-14(10(2)9-21(3)4)11-6-12(22)8-13(7-11)28-20-17(25)15(23)16(24)18(29-20)19(26)27/h6-8,10,14-18,20,22-25H,5,9H2,1-4H3,(H,26,27)/t10-,14+,15-,16-,17+,18-,20?/m0/s1.